The zero-order valence-corrected chi connectivity index (χ0v) is 9.95. The molecule has 1 aromatic carbocycles. The van der Waals surface area contributed by atoms with Crippen LogP contribution < -0.4 is 0 Å². The molecule has 18 heavy (non-hydrogen) atoms. The number of carbonyl (C=O) groups excluding carboxylic acids is 1. The van der Waals surface area contributed by atoms with Gasteiger partial charge >= 0.3 is 0 Å². The van der Waals surface area contributed by atoms with Crippen molar-refractivity contribution in [3.63, 3.8) is 0 Å². The second kappa shape index (κ2) is 4.56. The number of rotatable bonds is 3. The van der Waals surface area contributed by atoms with E-state index in [1.807, 2.05) is 0 Å². The van der Waals surface area contributed by atoms with Gasteiger partial charge < -0.3 is 0 Å². The summed E-state index contributed by atoms with van der Waals surface area (Å²) < 4.78 is 0. The number of allylic oxidation sites excluding steroid dienone is 2. The predicted molar refractivity (Wildman–Crippen MR) is 67.9 cm³/mol. The lowest BCUT2D eigenvalue weighted by Gasteiger charge is -2.26. The molecule has 92 valence electrons. The summed E-state index contributed by atoms with van der Waals surface area (Å²) in [6.07, 6.45) is 6.35. The van der Waals surface area contributed by atoms with Gasteiger partial charge in [-0.2, -0.15) is 0 Å². The van der Waals surface area contributed by atoms with E-state index in [-0.39, 0.29) is 5.78 Å². The Kier molecular flexibility index (Phi) is 3.10. The topological polar surface area (TPSA) is 60.2 Å². The molecule has 1 aliphatic rings. The molecule has 0 aliphatic heterocycles. The monoisotopic (exact) mass is 243 g/mol. The maximum Gasteiger partial charge on any atom is 0.251 e. The molecular formula is C14H13NO3. The van der Waals surface area contributed by atoms with Crippen LogP contribution in [0.4, 0.5) is 0 Å². The molecule has 4 nitrogen and oxygen atoms in total. The standard InChI is InChI=1S/C14H13NO3/c1-14(15(17)18)10-6-5-9-12(14)13(16)11-7-3-2-4-8-11/h2-10,12H,1H3. The van der Waals surface area contributed by atoms with Crippen LogP contribution in [-0.2, 0) is 0 Å². The molecule has 0 fully saturated rings. The van der Waals surface area contributed by atoms with Gasteiger partial charge in [-0.25, -0.2) is 0 Å². The average Bonchev–Trinajstić information content (AvgIpc) is 2.39. The lowest BCUT2D eigenvalue weighted by atomic mass is 9.78. The Morgan fingerprint density at radius 2 is 1.94 bits per heavy atom. The zero-order chi connectivity index (χ0) is 13.2. The van der Waals surface area contributed by atoms with Gasteiger partial charge in [0.05, 0.1) is 0 Å². The first-order valence-corrected chi connectivity index (χ1v) is 5.65. The molecule has 0 aromatic heterocycles. The normalized spacial score (nSPS) is 25.9. The third-order valence-corrected chi connectivity index (χ3v) is 3.21. The maximum atomic E-state index is 12.3. The minimum Gasteiger partial charge on any atom is -0.293 e. The fourth-order valence-electron chi connectivity index (χ4n) is 2.03. The van der Waals surface area contributed by atoms with Gasteiger partial charge in [-0.05, 0) is 6.08 Å². The number of Topliss-reactive ketones (excluding diaryl/α,β-unsaturated/α-hetero) is 1. The largest absolute Gasteiger partial charge is 0.293 e. The average molecular weight is 243 g/mol. The lowest BCUT2D eigenvalue weighted by molar-refractivity contribution is -0.555. The van der Waals surface area contributed by atoms with Crippen molar-refractivity contribution in [2.24, 2.45) is 5.92 Å². The number of carbonyl (C=O) groups is 1. The van der Waals surface area contributed by atoms with Gasteiger partial charge in [0.15, 0.2) is 5.78 Å². The van der Waals surface area contributed by atoms with Gasteiger partial charge in [0.1, 0.15) is 5.92 Å². The van der Waals surface area contributed by atoms with Gasteiger partial charge in [0.25, 0.3) is 5.54 Å². The van der Waals surface area contributed by atoms with Crippen molar-refractivity contribution in [1.82, 2.24) is 0 Å². The third kappa shape index (κ3) is 1.97. The summed E-state index contributed by atoms with van der Waals surface area (Å²) in [7, 11) is 0. The molecule has 0 saturated heterocycles. The molecule has 2 rings (SSSR count). The first-order valence-electron chi connectivity index (χ1n) is 5.65. The molecule has 0 radical (unpaired) electrons. The Balaban J connectivity index is 2.38. The highest BCUT2D eigenvalue weighted by Crippen LogP contribution is 2.30. The Bertz CT molecular complexity index is 533. The summed E-state index contributed by atoms with van der Waals surface area (Å²) in [4.78, 5) is 23.1. The predicted octanol–water partition coefficient (Wildman–Crippen LogP) is 2.65. The zero-order valence-electron chi connectivity index (χ0n) is 9.95. The number of nitrogens with zero attached hydrogens (tertiary/aromatic N) is 1. The molecule has 0 amide bonds. The van der Waals surface area contributed by atoms with Gasteiger partial charge in [-0.3, -0.25) is 14.9 Å². The van der Waals surface area contributed by atoms with Gasteiger partial charge in [0.2, 0.25) is 0 Å². The Labute approximate surface area is 105 Å². The number of ketones is 1. The molecular weight excluding hydrogens is 230 g/mol. The summed E-state index contributed by atoms with van der Waals surface area (Å²) in [6.45, 7) is 1.47. The van der Waals surface area contributed by atoms with Crippen LogP contribution in [0.1, 0.15) is 17.3 Å². The molecule has 0 heterocycles. The highest BCUT2D eigenvalue weighted by atomic mass is 16.6. The fraction of sp³-hybridized carbons (Fsp3) is 0.214. The minimum absolute atomic E-state index is 0.226. The molecule has 0 saturated carbocycles. The van der Waals surface area contributed by atoms with Crippen molar-refractivity contribution >= 4 is 5.78 Å². The Morgan fingerprint density at radius 1 is 1.28 bits per heavy atom. The molecule has 0 N–H and O–H groups in total. The van der Waals surface area contributed by atoms with Gasteiger partial charge in [-0.15, -0.1) is 0 Å². The Morgan fingerprint density at radius 3 is 2.56 bits per heavy atom. The maximum absolute atomic E-state index is 12.3. The number of benzene rings is 1. The van der Waals surface area contributed by atoms with E-state index >= 15 is 0 Å². The first kappa shape index (κ1) is 12.2. The molecule has 2 atom stereocenters. The van der Waals surface area contributed by atoms with E-state index < -0.39 is 16.4 Å². The SMILES string of the molecule is CC1([N+](=O)[O-])C=CC=CC1C(=O)c1ccccc1. The fourth-order valence-corrected chi connectivity index (χ4v) is 2.03. The van der Waals surface area contributed by atoms with Crippen molar-refractivity contribution in [3.8, 4) is 0 Å². The van der Waals surface area contributed by atoms with Crippen LogP contribution in [0.2, 0.25) is 0 Å². The summed E-state index contributed by atoms with van der Waals surface area (Å²) in [5.74, 6) is -0.990. The van der Waals surface area contributed by atoms with E-state index in [1.165, 1.54) is 13.0 Å². The summed E-state index contributed by atoms with van der Waals surface area (Å²) in [6, 6.07) is 8.65. The Hall–Kier alpha value is -2.23. The summed E-state index contributed by atoms with van der Waals surface area (Å²) >= 11 is 0. The van der Waals surface area contributed by atoms with Crippen molar-refractivity contribution < 1.29 is 9.72 Å². The molecule has 1 aromatic rings. The van der Waals surface area contributed by atoms with Crippen LogP contribution >= 0.6 is 0 Å². The summed E-state index contributed by atoms with van der Waals surface area (Å²) in [5, 5.41) is 11.2. The first-order chi connectivity index (χ1) is 8.55. The highest BCUT2D eigenvalue weighted by molar-refractivity contribution is 6.00. The van der Waals surface area contributed by atoms with E-state index in [9.17, 15) is 14.9 Å². The lowest BCUT2D eigenvalue weighted by Crippen LogP contribution is -2.44. The van der Waals surface area contributed by atoms with E-state index in [2.05, 4.69) is 0 Å². The second-order valence-corrected chi connectivity index (χ2v) is 4.43. The number of nitro groups is 1. The van der Waals surface area contributed by atoms with Crippen LogP contribution in [0.3, 0.4) is 0 Å². The highest BCUT2D eigenvalue weighted by Gasteiger charge is 2.47. The van der Waals surface area contributed by atoms with E-state index in [0.29, 0.717) is 5.56 Å². The van der Waals surface area contributed by atoms with E-state index in [0.717, 1.165) is 0 Å². The third-order valence-electron chi connectivity index (χ3n) is 3.21. The summed E-state index contributed by atoms with van der Waals surface area (Å²) in [5.41, 5.74) is -0.877. The van der Waals surface area contributed by atoms with E-state index in [4.69, 9.17) is 0 Å². The number of hydrogen-bond acceptors (Lipinski definition) is 3. The van der Waals surface area contributed by atoms with Gasteiger partial charge in [0, 0.05) is 17.4 Å². The van der Waals surface area contributed by atoms with Crippen LogP contribution in [0.25, 0.3) is 0 Å². The molecule has 0 spiro atoms. The van der Waals surface area contributed by atoms with Crippen LogP contribution in [0.5, 0.6) is 0 Å². The molecule has 1 aliphatic carbocycles. The van der Waals surface area contributed by atoms with Crippen molar-refractivity contribution in [2.45, 2.75) is 12.5 Å². The quantitative estimate of drug-likeness (QED) is 0.466. The minimum atomic E-state index is -1.37. The van der Waals surface area contributed by atoms with Crippen molar-refractivity contribution in [1.29, 1.82) is 0 Å². The molecule has 4 heteroatoms. The van der Waals surface area contributed by atoms with E-state index in [1.54, 1.807) is 48.6 Å². The van der Waals surface area contributed by atoms with Crippen molar-refractivity contribution in [2.75, 3.05) is 0 Å². The van der Waals surface area contributed by atoms with Crippen LogP contribution in [0, 0.1) is 16.0 Å². The molecule has 0 bridgehead atoms. The van der Waals surface area contributed by atoms with Crippen LogP contribution in [0.15, 0.2) is 54.6 Å². The second-order valence-electron chi connectivity index (χ2n) is 4.43. The molecule has 2 unspecified atom stereocenters. The smallest absolute Gasteiger partial charge is 0.251 e. The number of hydrogen-bond donors (Lipinski definition) is 0. The van der Waals surface area contributed by atoms with Crippen LogP contribution in [-0.4, -0.2) is 16.2 Å². The van der Waals surface area contributed by atoms with Crippen molar-refractivity contribution in [3.05, 3.63) is 70.3 Å². The van der Waals surface area contributed by atoms with Gasteiger partial charge in [-0.1, -0.05) is 48.6 Å².